The quantitative estimate of drug-likeness (QED) is 0.589. The Bertz CT molecular complexity index is 872. The Hall–Kier alpha value is -2.35. The van der Waals surface area contributed by atoms with Crippen molar-refractivity contribution in [2.45, 2.75) is 50.2 Å². The summed E-state index contributed by atoms with van der Waals surface area (Å²) in [5.74, 6) is 3.66. The summed E-state index contributed by atoms with van der Waals surface area (Å²) >= 11 is 1.39. The molecule has 0 bridgehead atoms. The number of hydrogen-bond acceptors (Lipinski definition) is 8. The van der Waals surface area contributed by atoms with Crippen LogP contribution in [0.5, 0.6) is 5.75 Å². The van der Waals surface area contributed by atoms with Crippen LogP contribution in [-0.2, 0) is 12.4 Å². The zero-order valence-electron chi connectivity index (χ0n) is 14.1. The van der Waals surface area contributed by atoms with Gasteiger partial charge in [0.05, 0.1) is 5.75 Å². The number of aryl methyl sites for hydroxylation is 2. The standard InChI is InChI=1S/C17H18N4O3S/c1-10-3-4-11(2)13(7-10)22-8-15-19-20-17(23-15)25-9-14-18-16(24-21-14)12-5-6-12/h3-4,7,12H,5-6,8-9H2,1-2H3. The number of rotatable bonds is 7. The normalized spacial score (nSPS) is 14.0. The van der Waals surface area contributed by atoms with E-state index < -0.39 is 0 Å². The molecule has 0 aliphatic heterocycles. The van der Waals surface area contributed by atoms with Crippen molar-refractivity contribution < 1.29 is 13.7 Å². The lowest BCUT2D eigenvalue weighted by Gasteiger charge is -2.07. The first-order valence-electron chi connectivity index (χ1n) is 8.15. The maximum absolute atomic E-state index is 5.77. The third-order valence-electron chi connectivity index (χ3n) is 3.88. The van der Waals surface area contributed by atoms with Crippen LogP contribution in [0.3, 0.4) is 0 Å². The number of thioether (sulfide) groups is 1. The molecule has 0 radical (unpaired) electrons. The van der Waals surface area contributed by atoms with Crippen molar-refractivity contribution in [1.82, 2.24) is 20.3 Å². The molecule has 0 N–H and O–H groups in total. The van der Waals surface area contributed by atoms with E-state index in [4.69, 9.17) is 13.7 Å². The molecule has 130 valence electrons. The summed E-state index contributed by atoms with van der Waals surface area (Å²) in [4.78, 5) is 4.37. The first-order valence-corrected chi connectivity index (χ1v) is 9.13. The van der Waals surface area contributed by atoms with Crippen molar-refractivity contribution in [3.8, 4) is 5.75 Å². The average Bonchev–Trinajstić information content (AvgIpc) is 3.17. The highest BCUT2D eigenvalue weighted by Gasteiger charge is 2.29. The van der Waals surface area contributed by atoms with E-state index in [2.05, 4.69) is 26.4 Å². The molecule has 1 aromatic carbocycles. The van der Waals surface area contributed by atoms with Crippen molar-refractivity contribution in [2.75, 3.05) is 0 Å². The Morgan fingerprint density at radius 2 is 2.12 bits per heavy atom. The van der Waals surface area contributed by atoms with Crippen molar-refractivity contribution in [3.63, 3.8) is 0 Å². The molecule has 8 heteroatoms. The summed E-state index contributed by atoms with van der Waals surface area (Å²) in [5.41, 5.74) is 2.22. The molecule has 3 aromatic rings. The molecule has 2 heterocycles. The van der Waals surface area contributed by atoms with Gasteiger partial charge in [-0.1, -0.05) is 29.1 Å². The Morgan fingerprint density at radius 3 is 2.96 bits per heavy atom. The van der Waals surface area contributed by atoms with E-state index in [0.717, 1.165) is 35.6 Å². The number of aromatic nitrogens is 4. The van der Waals surface area contributed by atoms with E-state index in [1.165, 1.54) is 11.8 Å². The summed E-state index contributed by atoms with van der Waals surface area (Å²) in [7, 11) is 0. The molecular formula is C17H18N4O3S. The van der Waals surface area contributed by atoms with Gasteiger partial charge in [-0.25, -0.2) is 0 Å². The Morgan fingerprint density at radius 1 is 1.24 bits per heavy atom. The van der Waals surface area contributed by atoms with Crippen LogP contribution in [-0.4, -0.2) is 20.3 Å². The molecule has 1 fully saturated rings. The number of benzene rings is 1. The van der Waals surface area contributed by atoms with Crippen LogP contribution >= 0.6 is 11.8 Å². The van der Waals surface area contributed by atoms with Gasteiger partial charge in [0, 0.05) is 5.92 Å². The minimum absolute atomic E-state index is 0.242. The minimum Gasteiger partial charge on any atom is -0.484 e. The number of hydrogen-bond donors (Lipinski definition) is 0. The van der Waals surface area contributed by atoms with Crippen LogP contribution in [0, 0.1) is 13.8 Å². The second kappa shape index (κ2) is 6.87. The van der Waals surface area contributed by atoms with Gasteiger partial charge in [0.1, 0.15) is 5.75 Å². The van der Waals surface area contributed by atoms with Crippen molar-refractivity contribution >= 4 is 11.8 Å². The predicted octanol–water partition coefficient (Wildman–Crippen LogP) is 3.82. The molecule has 1 saturated carbocycles. The lowest BCUT2D eigenvalue weighted by molar-refractivity contribution is 0.250. The molecule has 0 unspecified atom stereocenters. The van der Waals surface area contributed by atoms with Gasteiger partial charge in [0.2, 0.25) is 5.89 Å². The SMILES string of the molecule is Cc1ccc(C)c(OCc2nnc(SCc3noc(C4CC4)n3)o2)c1. The fourth-order valence-corrected chi connectivity index (χ4v) is 2.93. The van der Waals surface area contributed by atoms with Gasteiger partial charge < -0.3 is 13.7 Å². The molecule has 2 aromatic heterocycles. The highest BCUT2D eigenvalue weighted by molar-refractivity contribution is 7.98. The van der Waals surface area contributed by atoms with Gasteiger partial charge in [0.15, 0.2) is 12.4 Å². The predicted molar refractivity (Wildman–Crippen MR) is 90.4 cm³/mol. The molecule has 7 nitrogen and oxygen atoms in total. The van der Waals surface area contributed by atoms with Gasteiger partial charge in [-0.3, -0.25) is 0 Å². The summed E-state index contributed by atoms with van der Waals surface area (Å²) < 4.78 is 16.6. The highest BCUT2D eigenvalue weighted by Crippen LogP contribution is 2.39. The second-order valence-corrected chi connectivity index (χ2v) is 7.06. The van der Waals surface area contributed by atoms with Crippen molar-refractivity contribution in [1.29, 1.82) is 0 Å². The van der Waals surface area contributed by atoms with Gasteiger partial charge in [-0.2, -0.15) is 4.98 Å². The maximum Gasteiger partial charge on any atom is 0.277 e. The molecule has 1 aliphatic carbocycles. The lowest BCUT2D eigenvalue weighted by atomic mass is 10.1. The lowest BCUT2D eigenvalue weighted by Crippen LogP contribution is -1.97. The second-order valence-electron chi connectivity index (χ2n) is 6.13. The third kappa shape index (κ3) is 4.01. The first-order chi connectivity index (χ1) is 12.2. The molecule has 4 rings (SSSR count). The van der Waals surface area contributed by atoms with Crippen LogP contribution in [0.25, 0.3) is 0 Å². The van der Waals surface area contributed by atoms with Crippen LogP contribution in [0.4, 0.5) is 0 Å². The Balaban J connectivity index is 1.31. The van der Waals surface area contributed by atoms with E-state index >= 15 is 0 Å². The van der Waals surface area contributed by atoms with Crippen LogP contribution in [0.1, 0.15) is 47.5 Å². The van der Waals surface area contributed by atoms with Gasteiger partial charge in [0.25, 0.3) is 11.1 Å². The summed E-state index contributed by atoms with van der Waals surface area (Å²) in [6, 6.07) is 6.08. The summed E-state index contributed by atoms with van der Waals surface area (Å²) in [6.07, 6.45) is 2.28. The zero-order chi connectivity index (χ0) is 17.2. The molecule has 0 spiro atoms. The average molecular weight is 358 g/mol. The third-order valence-corrected chi connectivity index (χ3v) is 4.69. The number of nitrogens with zero attached hydrogens (tertiary/aromatic N) is 4. The largest absolute Gasteiger partial charge is 0.484 e. The highest BCUT2D eigenvalue weighted by atomic mass is 32.2. The van der Waals surface area contributed by atoms with Gasteiger partial charge in [-0.05, 0) is 43.9 Å². The van der Waals surface area contributed by atoms with E-state index in [1.807, 2.05) is 26.0 Å². The smallest absolute Gasteiger partial charge is 0.277 e. The Kier molecular flexibility index (Phi) is 4.44. The number of ether oxygens (including phenoxy) is 1. The van der Waals surface area contributed by atoms with Crippen LogP contribution in [0.2, 0.25) is 0 Å². The van der Waals surface area contributed by atoms with E-state index in [1.54, 1.807) is 0 Å². The monoisotopic (exact) mass is 358 g/mol. The molecule has 1 aliphatic rings. The summed E-state index contributed by atoms with van der Waals surface area (Å²) in [6.45, 7) is 4.27. The van der Waals surface area contributed by atoms with Crippen molar-refractivity contribution in [3.05, 3.63) is 46.9 Å². The van der Waals surface area contributed by atoms with Crippen molar-refractivity contribution in [2.24, 2.45) is 0 Å². The van der Waals surface area contributed by atoms with E-state index in [0.29, 0.717) is 28.6 Å². The fourth-order valence-electron chi connectivity index (χ4n) is 2.31. The molecular weight excluding hydrogens is 340 g/mol. The molecule has 0 saturated heterocycles. The van der Waals surface area contributed by atoms with Gasteiger partial charge >= 0.3 is 0 Å². The van der Waals surface area contributed by atoms with Gasteiger partial charge in [-0.15, -0.1) is 10.2 Å². The summed E-state index contributed by atoms with van der Waals surface area (Å²) in [5, 5.41) is 12.5. The molecule has 0 atom stereocenters. The topological polar surface area (TPSA) is 87.1 Å². The minimum atomic E-state index is 0.242. The van der Waals surface area contributed by atoms with E-state index in [9.17, 15) is 0 Å². The maximum atomic E-state index is 5.77. The van der Waals surface area contributed by atoms with Crippen LogP contribution < -0.4 is 4.74 Å². The van der Waals surface area contributed by atoms with Crippen LogP contribution in [0.15, 0.2) is 32.4 Å². The van der Waals surface area contributed by atoms with E-state index in [-0.39, 0.29) is 6.61 Å². The fraction of sp³-hybridized carbons (Fsp3) is 0.412. The molecule has 25 heavy (non-hydrogen) atoms. The molecule has 0 amide bonds. The first kappa shape index (κ1) is 16.1. The Labute approximate surface area is 149 Å². The zero-order valence-corrected chi connectivity index (χ0v) is 14.9.